The second kappa shape index (κ2) is 7.13. The van der Waals surface area contributed by atoms with Gasteiger partial charge in [0, 0.05) is 6.61 Å². The average molecular weight is 250 g/mol. The van der Waals surface area contributed by atoms with E-state index in [4.69, 9.17) is 14.2 Å². The lowest BCUT2D eigenvalue weighted by atomic mass is 10.2. The van der Waals surface area contributed by atoms with Crippen LogP contribution >= 0.6 is 0 Å². The Morgan fingerprint density at radius 1 is 1.28 bits per heavy atom. The first kappa shape index (κ1) is 13.1. The number of para-hydroxylation sites is 1. The van der Waals surface area contributed by atoms with Gasteiger partial charge in [-0.15, -0.1) is 0 Å². The molecular formula is C14H18O4. The Bertz CT molecular complexity index is 372. The number of rotatable bonds is 6. The predicted molar refractivity (Wildman–Crippen MR) is 66.9 cm³/mol. The highest BCUT2D eigenvalue weighted by atomic mass is 16.7. The summed E-state index contributed by atoms with van der Waals surface area (Å²) in [5, 5.41) is 0. The van der Waals surface area contributed by atoms with Crippen LogP contribution in [0.2, 0.25) is 0 Å². The third-order valence-electron chi connectivity index (χ3n) is 2.83. The zero-order valence-corrected chi connectivity index (χ0v) is 10.3. The minimum absolute atomic E-state index is 0.0938. The van der Waals surface area contributed by atoms with E-state index in [-0.39, 0.29) is 6.29 Å². The van der Waals surface area contributed by atoms with E-state index in [1.54, 1.807) is 12.1 Å². The lowest BCUT2D eigenvalue weighted by Crippen LogP contribution is -2.24. The Labute approximate surface area is 107 Å². The lowest BCUT2D eigenvalue weighted by molar-refractivity contribution is -0.165. The number of benzene rings is 1. The number of ether oxygens (including phenoxy) is 3. The maximum atomic E-state index is 10.8. The molecule has 98 valence electrons. The molecule has 0 spiro atoms. The topological polar surface area (TPSA) is 44.8 Å². The summed E-state index contributed by atoms with van der Waals surface area (Å²) in [6, 6.07) is 7.16. The van der Waals surface area contributed by atoms with Gasteiger partial charge in [0.25, 0.3) is 0 Å². The highest BCUT2D eigenvalue weighted by Gasteiger charge is 2.13. The molecule has 1 aromatic carbocycles. The van der Waals surface area contributed by atoms with E-state index in [0.29, 0.717) is 24.5 Å². The fraction of sp³-hybridized carbons (Fsp3) is 0.500. The van der Waals surface area contributed by atoms with Gasteiger partial charge in [0.05, 0.1) is 12.2 Å². The summed E-state index contributed by atoms with van der Waals surface area (Å²) in [7, 11) is 0. The number of carbonyl (C=O) groups is 1. The van der Waals surface area contributed by atoms with Crippen LogP contribution in [0.1, 0.15) is 29.6 Å². The van der Waals surface area contributed by atoms with Gasteiger partial charge in [-0.05, 0) is 31.4 Å². The van der Waals surface area contributed by atoms with E-state index in [2.05, 4.69) is 0 Å². The molecule has 1 fully saturated rings. The molecule has 1 unspecified atom stereocenters. The highest BCUT2D eigenvalue weighted by Crippen LogP contribution is 2.16. The third kappa shape index (κ3) is 3.82. The molecule has 1 aromatic rings. The van der Waals surface area contributed by atoms with Crippen molar-refractivity contribution in [3.05, 3.63) is 29.8 Å². The first-order chi connectivity index (χ1) is 8.90. The fourth-order valence-electron chi connectivity index (χ4n) is 1.88. The summed E-state index contributed by atoms with van der Waals surface area (Å²) in [4.78, 5) is 10.8. The molecular weight excluding hydrogens is 232 g/mol. The van der Waals surface area contributed by atoms with E-state index < -0.39 is 0 Å². The molecule has 0 aliphatic carbocycles. The van der Waals surface area contributed by atoms with Gasteiger partial charge in [-0.25, -0.2) is 0 Å². The Kier molecular flexibility index (Phi) is 5.17. The van der Waals surface area contributed by atoms with Crippen LogP contribution in [0.5, 0.6) is 5.75 Å². The summed E-state index contributed by atoms with van der Waals surface area (Å²) < 4.78 is 16.5. The predicted octanol–water partition coefficient (Wildman–Crippen LogP) is 2.42. The van der Waals surface area contributed by atoms with Crippen molar-refractivity contribution >= 4 is 6.29 Å². The monoisotopic (exact) mass is 250 g/mol. The van der Waals surface area contributed by atoms with Crippen LogP contribution in [0.4, 0.5) is 0 Å². The molecule has 1 aliphatic heterocycles. The maximum absolute atomic E-state index is 10.8. The van der Waals surface area contributed by atoms with Crippen LogP contribution in [-0.4, -0.2) is 32.4 Å². The highest BCUT2D eigenvalue weighted by molar-refractivity contribution is 5.79. The fourth-order valence-corrected chi connectivity index (χ4v) is 1.88. The van der Waals surface area contributed by atoms with Gasteiger partial charge in [0.1, 0.15) is 12.4 Å². The molecule has 4 heteroatoms. The van der Waals surface area contributed by atoms with Crippen LogP contribution in [0.3, 0.4) is 0 Å². The molecule has 0 saturated carbocycles. The Balaban J connectivity index is 1.69. The quantitative estimate of drug-likeness (QED) is 0.574. The van der Waals surface area contributed by atoms with Crippen molar-refractivity contribution in [2.24, 2.45) is 0 Å². The van der Waals surface area contributed by atoms with Gasteiger partial charge in [0.15, 0.2) is 12.6 Å². The van der Waals surface area contributed by atoms with Crippen molar-refractivity contribution in [2.75, 3.05) is 19.8 Å². The van der Waals surface area contributed by atoms with Gasteiger partial charge in [-0.1, -0.05) is 12.1 Å². The van der Waals surface area contributed by atoms with Gasteiger partial charge in [0.2, 0.25) is 0 Å². The van der Waals surface area contributed by atoms with E-state index in [9.17, 15) is 4.79 Å². The standard InChI is InChI=1S/C14H18O4/c15-11-12-5-1-2-6-13(12)16-9-10-18-14-7-3-4-8-17-14/h1-2,5-6,11,14H,3-4,7-10H2. The van der Waals surface area contributed by atoms with Crippen molar-refractivity contribution < 1.29 is 19.0 Å². The summed E-state index contributed by atoms with van der Waals surface area (Å²) in [5.74, 6) is 0.598. The largest absolute Gasteiger partial charge is 0.490 e. The van der Waals surface area contributed by atoms with Gasteiger partial charge in [-0.3, -0.25) is 4.79 Å². The second-order valence-corrected chi connectivity index (χ2v) is 4.17. The summed E-state index contributed by atoms with van der Waals surface area (Å²) in [6.45, 7) is 1.67. The number of hydrogen-bond donors (Lipinski definition) is 0. The molecule has 2 rings (SSSR count). The Hall–Kier alpha value is -1.39. The number of carbonyl (C=O) groups excluding carboxylic acids is 1. The molecule has 0 aromatic heterocycles. The molecule has 1 aliphatic rings. The molecule has 4 nitrogen and oxygen atoms in total. The second-order valence-electron chi connectivity index (χ2n) is 4.17. The molecule has 18 heavy (non-hydrogen) atoms. The van der Waals surface area contributed by atoms with E-state index in [1.165, 1.54) is 0 Å². The van der Waals surface area contributed by atoms with E-state index in [0.717, 1.165) is 32.2 Å². The third-order valence-corrected chi connectivity index (χ3v) is 2.83. The summed E-state index contributed by atoms with van der Waals surface area (Å²) in [5.41, 5.74) is 0.561. The summed E-state index contributed by atoms with van der Waals surface area (Å²) >= 11 is 0. The molecule has 0 radical (unpaired) electrons. The number of hydrogen-bond acceptors (Lipinski definition) is 4. The minimum Gasteiger partial charge on any atom is -0.490 e. The minimum atomic E-state index is -0.0938. The van der Waals surface area contributed by atoms with Crippen molar-refractivity contribution in [2.45, 2.75) is 25.6 Å². The maximum Gasteiger partial charge on any atom is 0.157 e. The van der Waals surface area contributed by atoms with E-state index in [1.807, 2.05) is 12.1 Å². The molecule has 1 atom stereocenters. The van der Waals surface area contributed by atoms with Crippen molar-refractivity contribution in [3.8, 4) is 5.75 Å². The van der Waals surface area contributed by atoms with Crippen LogP contribution in [-0.2, 0) is 9.47 Å². The SMILES string of the molecule is O=Cc1ccccc1OCCOC1CCCCO1. The smallest absolute Gasteiger partial charge is 0.157 e. The normalized spacial score (nSPS) is 19.4. The first-order valence-electron chi connectivity index (χ1n) is 6.30. The average Bonchev–Trinajstić information content (AvgIpc) is 2.45. The van der Waals surface area contributed by atoms with Crippen LogP contribution in [0.15, 0.2) is 24.3 Å². The Morgan fingerprint density at radius 2 is 2.17 bits per heavy atom. The zero-order valence-electron chi connectivity index (χ0n) is 10.3. The van der Waals surface area contributed by atoms with Crippen LogP contribution in [0, 0.1) is 0 Å². The number of aldehydes is 1. The van der Waals surface area contributed by atoms with Crippen molar-refractivity contribution in [1.82, 2.24) is 0 Å². The van der Waals surface area contributed by atoms with Crippen LogP contribution in [0.25, 0.3) is 0 Å². The zero-order chi connectivity index (χ0) is 12.6. The van der Waals surface area contributed by atoms with Gasteiger partial charge in [-0.2, -0.15) is 0 Å². The van der Waals surface area contributed by atoms with Gasteiger partial charge < -0.3 is 14.2 Å². The first-order valence-corrected chi connectivity index (χ1v) is 6.30. The van der Waals surface area contributed by atoms with E-state index >= 15 is 0 Å². The molecule has 0 amide bonds. The summed E-state index contributed by atoms with van der Waals surface area (Å²) in [6.07, 6.45) is 3.91. The molecule has 1 heterocycles. The van der Waals surface area contributed by atoms with Crippen LogP contribution < -0.4 is 4.74 Å². The molecule has 1 saturated heterocycles. The molecule has 0 N–H and O–H groups in total. The lowest BCUT2D eigenvalue weighted by Gasteiger charge is -2.22. The van der Waals surface area contributed by atoms with Crippen molar-refractivity contribution in [1.29, 1.82) is 0 Å². The molecule has 0 bridgehead atoms. The Morgan fingerprint density at radius 3 is 2.94 bits per heavy atom. The van der Waals surface area contributed by atoms with Crippen molar-refractivity contribution in [3.63, 3.8) is 0 Å². The van der Waals surface area contributed by atoms with Gasteiger partial charge >= 0.3 is 0 Å².